The number of hydrogen-bond donors (Lipinski definition) is 0. The molecule has 0 radical (unpaired) electrons. The van der Waals surface area contributed by atoms with Crippen LogP contribution in [0, 0.1) is 0 Å². The number of imide groups is 2. The molecule has 0 spiro atoms. The summed E-state index contributed by atoms with van der Waals surface area (Å²) in [6, 6.07) is 8.86. The Labute approximate surface area is 182 Å². The van der Waals surface area contributed by atoms with E-state index >= 15 is 0 Å². The van der Waals surface area contributed by atoms with Crippen LogP contribution in [0.5, 0.6) is 0 Å². The summed E-state index contributed by atoms with van der Waals surface area (Å²) in [6.07, 6.45) is -4.80. The minimum Gasteiger partial charge on any atom is -0.274 e. The van der Waals surface area contributed by atoms with Crippen LogP contribution in [0.1, 0.15) is 18.1 Å². The predicted octanol–water partition coefficient (Wildman–Crippen LogP) is 4.86. The van der Waals surface area contributed by atoms with Gasteiger partial charge in [0, 0.05) is 12.5 Å². The highest BCUT2D eigenvalue weighted by atomic mass is 35.5. The highest BCUT2D eigenvalue weighted by Crippen LogP contribution is 2.46. The number of para-hydroxylation sites is 1. The van der Waals surface area contributed by atoms with Gasteiger partial charge < -0.3 is 0 Å². The first-order valence-corrected chi connectivity index (χ1v) is 9.83. The largest absolute Gasteiger partial charge is 0.417 e. The second-order valence-electron chi connectivity index (χ2n) is 6.55. The van der Waals surface area contributed by atoms with Crippen molar-refractivity contribution in [1.82, 2.24) is 0 Å². The molecule has 2 aromatic carbocycles. The van der Waals surface area contributed by atoms with Gasteiger partial charge in [-0.2, -0.15) is 13.2 Å². The number of carbonyl (C=O) groups is 4. The van der Waals surface area contributed by atoms with Crippen molar-refractivity contribution >= 4 is 63.3 Å². The van der Waals surface area contributed by atoms with E-state index in [1.54, 1.807) is 12.1 Å². The Morgan fingerprint density at radius 2 is 1.71 bits per heavy atom. The molecule has 2 aromatic rings. The minimum absolute atomic E-state index is 0.151. The van der Waals surface area contributed by atoms with Crippen LogP contribution in [0.4, 0.5) is 29.3 Å². The van der Waals surface area contributed by atoms with Gasteiger partial charge in [0.2, 0.25) is 5.91 Å². The fourth-order valence-corrected chi connectivity index (χ4v) is 4.52. The smallest absolute Gasteiger partial charge is 0.274 e. The first-order chi connectivity index (χ1) is 14.5. The highest BCUT2D eigenvalue weighted by molar-refractivity contribution is 8.19. The summed E-state index contributed by atoms with van der Waals surface area (Å²) < 4.78 is 39.6. The maximum absolute atomic E-state index is 13.2. The average molecular weight is 467 g/mol. The monoisotopic (exact) mass is 466 g/mol. The highest BCUT2D eigenvalue weighted by Gasteiger charge is 2.45. The number of fused-ring (bicyclic) bond motifs is 1. The van der Waals surface area contributed by atoms with E-state index in [2.05, 4.69) is 0 Å². The summed E-state index contributed by atoms with van der Waals surface area (Å²) in [5.74, 6) is -2.33. The van der Waals surface area contributed by atoms with E-state index in [0.717, 1.165) is 17.0 Å². The Balaban J connectivity index is 1.84. The van der Waals surface area contributed by atoms with Crippen molar-refractivity contribution in [2.45, 2.75) is 13.1 Å². The lowest BCUT2D eigenvalue weighted by molar-refractivity contribution is -0.137. The third-order valence-corrected chi connectivity index (χ3v) is 5.93. The zero-order chi connectivity index (χ0) is 22.7. The fourth-order valence-electron chi connectivity index (χ4n) is 3.36. The molecular formula is C20H10ClF3N2O4S. The minimum atomic E-state index is -4.80. The summed E-state index contributed by atoms with van der Waals surface area (Å²) in [6.45, 7) is 1.18. The van der Waals surface area contributed by atoms with Crippen molar-refractivity contribution in [3.05, 3.63) is 63.5 Å². The molecule has 4 amide bonds. The molecule has 0 N–H and O–H groups in total. The van der Waals surface area contributed by atoms with Gasteiger partial charge >= 0.3 is 6.18 Å². The number of carbonyl (C=O) groups excluding carboxylic acids is 4. The van der Waals surface area contributed by atoms with Crippen molar-refractivity contribution in [3.63, 3.8) is 0 Å². The predicted molar refractivity (Wildman–Crippen MR) is 108 cm³/mol. The second kappa shape index (κ2) is 7.24. The van der Waals surface area contributed by atoms with Crippen LogP contribution in [-0.4, -0.2) is 23.0 Å². The number of amides is 4. The number of alkyl halides is 3. The lowest BCUT2D eigenvalue weighted by atomic mass is 10.1. The van der Waals surface area contributed by atoms with E-state index in [1.165, 1.54) is 19.1 Å². The Morgan fingerprint density at radius 1 is 1.03 bits per heavy atom. The van der Waals surface area contributed by atoms with E-state index in [0.29, 0.717) is 22.7 Å². The normalized spacial score (nSPS) is 18.8. The molecule has 0 saturated carbocycles. The molecule has 0 atom stereocenters. The molecular weight excluding hydrogens is 457 g/mol. The molecule has 0 bridgehead atoms. The van der Waals surface area contributed by atoms with Crippen LogP contribution in [0.2, 0.25) is 5.02 Å². The van der Waals surface area contributed by atoms with Gasteiger partial charge in [0.05, 0.1) is 32.4 Å². The fraction of sp³-hybridized carbons (Fsp3) is 0.100. The number of nitrogens with zero attached hydrogens (tertiary/aromatic N) is 2. The van der Waals surface area contributed by atoms with Gasteiger partial charge in [-0.1, -0.05) is 29.8 Å². The van der Waals surface area contributed by atoms with Gasteiger partial charge in [-0.05, 0) is 36.0 Å². The van der Waals surface area contributed by atoms with Crippen LogP contribution >= 0.6 is 23.4 Å². The number of halogens is 4. The van der Waals surface area contributed by atoms with Crippen molar-refractivity contribution in [3.8, 4) is 0 Å². The van der Waals surface area contributed by atoms with Gasteiger partial charge in [-0.25, -0.2) is 9.80 Å². The van der Waals surface area contributed by atoms with E-state index in [-0.39, 0.29) is 27.4 Å². The molecule has 31 heavy (non-hydrogen) atoms. The van der Waals surface area contributed by atoms with E-state index in [1.807, 2.05) is 0 Å². The van der Waals surface area contributed by atoms with Crippen LogP contribution in [0.25, 0.3) is 5.57 Å². The molecule has 2 heterocycles. The summed E-state index contributed by atoms with van der Waals surface area (Å²) in [5, 5.41) is -1.46. The molecule has 2 aliphatic heterocycles. The molecule has 6 nitrogen and oxygen atoms in total. The third kappa shape index (κ3) is 3.31. The van der Waals surface area contributed by atoms with Crippen LogP contribution in [-0.2, 0) is 20.6 Å². The third-order valence-electron chi connectivity index (χ3n) is 4.66. The first-order valence-electron chi connectivity index (χ1n) is 8.64. The van der Waals surface area contributed by atoms with Gasteiger partial charge in [0.1, 0.15) is 0 Å². The van der Waals surface area contributed by atoms with E-state index in [4.69, 9.17) is 11.6 Å². The maximum Gasteiger partial charge on any atom is 0.417 e. The molecule has 158 valence electrons. The van der Waals surface area contributed by atoms with Crippen LogP contribution in [0.15, 0.2) is 47.4 Å². The number of hydrogen-bond acceptors (Lipinski definition) is 5. The molecule has 1 fully saturated rings. The van der Waals surface area contributed by atoms with E-state index in [9.17, 15) is 32.3 Å². The zero-order valence-corrected chi connectivity index (χ0v) is 17.1. The van der Waals surface area contributed by atoms with Gasteiger partial charge in [-0.3, -0.25) is 19.2 Å². The van der Waals surface area contributed by atoms with Crippen LogP contribution < -0.4 is 9.80 Å². The lowest BCUT2D eigenvalue weighted by Gasteiger charge is -2.16. The summed E-state index contributed by atoms with van der Waals surface area (Å²) in [7, 11) is 0. The standard InChI is InChI=1S/C20H10ClF3N2O4S/c1-9(27)25-14-5-3-2-4-11(14)15(17(25)28)16-18(29)26(19(30)31-16)10-6-7-13(21)12(8-10)20(22,23)24/h2-8H,1H3/b16-15-. The molecule has 4 rings (SSSR count). The van der Waals surface area contributed by atoms with Crippen molar-refractivity contribution in [2.24, 2.45) is 0 Å². The van der Waals surface area contributed by atoms with E-state index < -0.39 is 39.7 Å². The second-order valence-corrected chi connectivity index (χ2v) is 7.92. The number of rotatable bonds is 1. The summed E-state index contributed by atoms with van der Waals surface area (Å²) in [4.78, 5) is 51.6. The first kappa shape index (κ1) is 21.1. The summed E-state index contributed by atoms with van der Waals surface area (Å²) in [5.41, 5.74) is -1.16. The Morgan fingerprint density at radius 3 is 2.35 bits per heavy atom. The SMILES string of the molecule is CC(=O)N1C(=O)/C(=C2\SC(=O)N(c3ccc(Cl)c(C(F)(F)F)c3)C2=O)c2ccccc21. The Hall–Kier alpha value is -3.11. The number of anilines is 2. The Bertz CT molecular complexity index is 1230. The topological polar surface area (TPSA) is 74.8 Å². The quantitative estimate of drug-likeness (QED) is 0.561. The maximum atomic E-state index is 13.2. The lowest BCUT2D eigenvalue weighted by Crippen LogP contribution is -2.32. The molecule has 2 aliphatic rings. The summed E-state index contributed by atoms with van der Waals surface area (Å²) >= 11 is 6.03. The van der Waals surface area contributed by atoms with Gasteiger partial charge in [-0.15, -0.1) is 0 Å². The molecule has 11 heteroatoms. The van der Waals surface area contributed by atoms with Crippen molar-refractivity contribution in [1.29, 1.82) is 0 Å². The molecule has 0 aromatic heterocycles. The zero-order valence-electron chi connectivity index (χ0n) is 15.5. The van der Waals surface area contributed by atoms with Crippen molar-refractivity contribution < 1.29 is 32.3 Å². The van der Waals surface area contributed by atoms with Crippen molar-refractivity contribution in [2.75, 3.05) is 9.80 Å². The van der Waals surface area contributed by atoms with Gasteiger partial charge in [0.15, 0.2) is 0 Å². The van der Waals surface area contributed by atoms with Crippen LogP contribution in [0.3, 0.4) is 0 Å². The molecule has 0 aliphatic carbocycles. The van der Waals surface area contributed by atoms with Gasteiger partial charge in [0.25, 0.3) is 17.1 Å². The number of thioether (sulfide) groups is 1. The molecule has 0 unspecified atom stereocenters. The number of benzene rings is 2. The average Bonchev–Trinajstić information content (AvgIpc) is 3.13. The molecule has 1 saturated heterocycles. The Kier molecular flexibility index (Phi) is 4.94.